The average molecular weight is 389 g/mol. The van der Waals surface area contributed by atoms with Gasteiger partial charge in [0.2, 0.25) is 0 Å². The van der Waals surface area contributed by atoms with Gasteiger partial charge in [0, 0.05) is 6.54 Å². The summed E-state index contributed by atoms with van der Waals surface area (Å²) in [6.45, 7) is 16.4. The first kappa shape index (κ1) is 25.9. The molecule has 0 saturated heterocycles. The van der Waals surface area contributed by atoms with Gasteiger partial charge in [-0.15, -0.1) is 0 Å². The van der Waals surface area contributed by atoms with Crippen molar-refractivity contribution in [1.82, 2.24) is 10.2 Å². The highest BCUT2D eigenvalue weighted by atomic mass is 16.6. The Bertz CT molecular complexity index is 562. The molecular formula is C24H40N2O2. The van der Waals surface area contributed by atoms with E-state index in [1.807, 2.05) is 57.2 Å². The lowest BCUT2D eigenvalue weighted by Crippen LogP contribution is -2.29. The Kier molecular flexibility index (Phi) is 15.8. The molecule has 1 unspecified atom stereocenters. The zero-order chi connectivity index (χ0) is 21.2. The highest BCUT2D eigenvalue weighted by molar-refractivity contribution is 5.68. The van der Waals surface area contributed by atoms with E-state index in [2.05, 4.69) is 43.1 Å². The van der Waals surface area contributed by atoms with Crippen LogP contribution in [0.2, 0.25) is 0 Å². The number of nitrogens with zero attached hydrogens (tertiary/aromatic N) is 1. The van der Waals surface area contributed by atoms with Crippen molar-refractivity contribution >= 4 is 6.09 Å². The third-order valence-electron chi connectivity index (χ3n) is 4.44. The Morgan fingerprint density at radius 1 is 1.18 bits per heavy atom. The number of hydrogen-bond acceptors (Lipinski definition) is 3. The maximum atomic E-state index is 11.8. The van der Waals surface area contributed by atoms with Crippen molar-refractivity contribution in [2.45, 2.75) is 60.5 Å². The average Bonchev–Trinajstić information content (AvgIpc) is 2.72. The zero-order valence-electron chi connectivity index (χ0n) is 18.7. The second-order valence-electron chi connectivity index (χ2n) is 6.47. The lowest BCUT2D eigenvalue weighted by atomic mass is 10.0. The van der Waals surface area contributed by atoms with Crippen LogP contribution in [0.15, 0.2) is 59.8 Å². The van der Waals surface area contributed by atoms with Crippen molar-refractivity contribution in [2.24, 2.45) is 0 Å². The normalized spacial score (nSPS) is 15.4. The molecule has 0 aromatic rings. The van der Waals surface area contributed by atoms with E-state index in [1.165, 1.54) is 19.6 Å². The van der Waals surface area contributed by atoms with E-state index >= 15 is 0 Å². The Morgan fingerprint density at radius 3 is 2.32 bits per heavy atom. The number of amides is 1. The molecule has 4 nitrogen and oxygen atoms in total. The van der Waals surface area contributed by atoms with Gasteiger partial charge in [-0.1, -0.05) is 69.4 Å². The van der Waals surface area contributed by atoms with Crippen LogP contribution in [-0.2, 0) is 4.74 Å². The first-order valence-corrected chi connectivity index (χ1v) is 10.5. The highest BCUT2D eigenvalue weighted by Crippen LogP contribution is 2.15. The Morgan fingerprint density at radius 2 is 1.86 bits per heavy atom. The molecule has 0 radical (unpaired) electrons. The molecule has 0 aromatic heterocycles. The monoisotopic (exact) mass is 388 g/mol. The third-order valence-corrected chi connectivity index (χ3v) is 4.44. The molecule has 1 aliphatic rings. The van der Waals surface area contributed by atoms with Crippen molar-refractivity contribution in [3.8, 4) is 0 Å². The van der Waals surface area contributed by atoms with E-state index in [0.717, 1.165) is 24.0 Å². The molecule has 1 N–H and O–H groups in total. The quantitative estimate of drug-likeness (QED) is 0.507. The minimum Gasteiger partial charge on any atom is -0.442 e. The number of alkyl carbamates (subject to hydrolysis) is 1. The molecule has 1 amide bonds. The molecule has 1 rings (SSSR count). The molecule has 0 aliphatic heterocycles. The number of ether oxygens (including phenoxy) is 1. The van der Waals surface area contributed by atoms with Gasteiger partial charge in [0.05, 0.1) is 0 Å². The first-order valence-electron chi connectivity index (χ1n) is 10.5. The predicted octanol–water partition coefficient (Wildman–Crippen LogP) is 5.80. The largest absolute Gasteiger partial charge is 0.442 e. The number of hydrogen-bond donors (Lipinski definition) is 1. The van der Waals surface area contributed by atoms with Gasteiger partial charge < -0.3 is 15.0 Å². The maximum Gasteiger partial charge on any atom is 0.408 e. The van der Waals surface area contributed by atoms with Crippen LogP contribution in [0.5, 0.6) is 0 Å². The van der Waals surface area contributed by atoms with Crippen molar-refractivity contribution in [3.05, 3.63) is 59.8 Å². The molecule has 1 aliphatic carbocycles. The van der Waals surface area contributed by atoms with Gasteiger partial charge in [-0.3, -0.25) is 0 Å². The third kappa shape index (κ3) is 12.3. The van der Waals surface area contributed by atoms with Gasteiger partial charge in [0.1, 0.15) is 6.10 Å². The number of carbonyl (C=O) groups is 1. The van der Waals surface area contributed by atoms with Crippen LogP contribution in [0.1, 0.15) is 54.4 Å². The lowest BCUT2D eigenvalue weighted by molar-refractivity contribution is 0.124. The molecule has 0 fully saturated rings. The number of rotatable bonds is 9. The van der Waals surface area contributed by atoms with Crippen LogP contribution in [0, 0.1) is 0 Å². The highest BCUT2D eigenvalue weighted by Gasteiger charge is 2.13. The van der Waals surface area contributed by atoms with Gasteiger partial charge in [-0.2, -0.15) is 0 Å². The summed E-state index contributed by atoms with van der Waals surface area (Å²) in [5, 5.41) is 2.78. The number of carbonyl (C=O) groups excluding carboxylic acids is 1. The second-order valence-corrected chi connectivity index (χ2v) is 6.47. The van der Waals surface area contributed by atoms with Crippen molar-refractivity contribution in [1.29, 1.82) is 0 Å². The fourth-order valence-corrected chi connectivity index (χ4v) is 2.66. The SMILES string of the molecule is CCN(CC)CC.C\C=C/C=C(\C=C\C)CNC(=O)OC(C)C1=CCCC=C1. The number of allylic oxidation sites excluding steroid dienone is 6. The lowest BCUT2D eigenvalue weighted by Gasteiger charge is -2.17. The van der Waals surface area contributed by atoms with E-state index in [9.17, 15) is 4.79 Å². The molecule has 1 atom stereocenters. The van der Waals surface area contributed by atoms with Crippen molar-refractivity contribution in [2.75, 3.05) is 26.2 Å². The predicted molar refractivity (Wildman–Crippen MR) is 122 cm³/mol. The van der Waals surface area contributed by atoms with Crippen molar-refractivity contribution in [3.63, 3.8) is 0 Å². The minimum atomic E-state index is -0.391. The topological polar surface area (TPSA) is 41.6 Å². The Hall–Kier alpha value is -2.07. The number of nitrogens with one attached hydrogen (secondary N) is 1. The van der Waals surface area contributed by atoms with E-state index < -0.39 is 6.09 Å². The van der Waals surface area contributed by atoms with Crippen LogP contribution in [0.25, 0.3) is 0 Å². The van der Waals surface area contributed by atoms with E-state index in [0.29, 0.717) is 6.54 Å². The summed E-state index contributed by atoms with van der Waals surface area (Å²) >= 11 is 0. The Balaban J connectivity index is 0.000000887. The van der Waals surface area contributed by atoms with Gasteiger partial charge in [-0.25, -0.2) is 4.79 Å². The molecule has 0 saturated carbocycles. The van der Waals surface area contributed by atoms with Gasteiger partial charge in [0.15, 0.2) is 0 Å². The van der Waals surface area contributed by atoms with Crippen LogP contribution in [-0.4, -0.2) is 43.3 Å². The molecule has 0 heterocycles. The summed E-state index contributed by atoms with van der Waals surface area (Å²) in [7, 11) is 0. The summed E-state index contributed by atoms with van der Waals surface area (Å²) in [6.07, 6.45) is 17.5. The van der Waals surface area contributed by atoms with Crippen LogP contribution in [0.3, 0.4) is 0 Å². The van der Waals surface area contributed by atoms with Crippen LogP contribution < -0.4 is 5.32 Å². The van der Waals surface area contributed by atoms with E-state index in [-0.39, 0.29) is 6.10 Å². The van der Waals surface area contributed by atoms with Crippen LogP contribution in [0.4, 0.5) is 4.79 Å². The summed E-state index contributed by atoms with van der Waals surface area (Å²) in [6, 6.07) is 0. The molecule has 158 valence electrons. The molecule has 0 spiro atoms. The minimum absolute atomic E-state index is 0.216. The summed E-state index contributed by atoms with van der Waals surface area (Å²) in [5.74, 6) is 0. The van der Waals surface area contributed by atoms with Crippen LogP contribution >= 0.6 is 0 Å². The molecule has 0 aromatic carbocycles. The zero-order valence-corrected chi connectivity index (χ0v) is 18.7. The van der Waals surface area contributed by atoms with Gasteiger partial charge >= 0.3 is 6.09 Å². The molecule has 4 heteroatoms. The first-order chi connectivity index (χ1) is 13.5. The molecule has 0 bridgehead atoms. The molecule has 28 heavy (non-hydrogen) atoms. The standard InChI is InChI=1S/C18H25NO2.C6H15N/c1-4-6-11-16(10-5-2)14-19-18(20)21-15(3)17-12-8-7-9-13-17;1-4-7(5-2)6-3/h4-6,8,10-13,15H,7,9,14H2,1-3H3,(H,19,20);4-6H2,1-3H3/b6-4-,10-5+,16-11+;. The molecular weight excluding hydrogens is 348 g/mol. The van der Waals surface area contributed by atoms with Crippen molar-refractivity contribution < 1.29 is 9.53 Å². The van der Waals surface area contributed by atoms with Gasteiger partial charge in [0.25, 0.3) is 0 Å². The summed E-state index contributed by atoms with van der Waals surface area (Å²) in [5.41, 5.74) is 2.09. The van der Waals surface area contributed by atoms with E-state index in [4.69, 9.17) is 4.74 Å². The Labute approximate surface area is 172 Å². The second kappa shape index (κ2) is 17.1. The van der Waals surface area contributed by atoms with E-state index in [1.54, 1.807) is 0 Å². The summed E-state index contributed by atoms with van der Waals surface area (Å²) in [4.78, 5) is 14.2. The fourth-order valence-electron chi connectivity index (χ4n) is 2.66. The summed E-state index contributed by atoms with van der Waals surface area (Å²) < 4.78 is 5.38. The fraction of sp³-hybridized carbons (Fsp3) is 0.542. The van der Waals surface area contributed by atoms with Gasteiger partial charge in [-0.05, 0) is 64.4 Å². The smallest absolute Gasteiger partial charge is 0.408 e. The maximum absolute atomic E-state index is 11.8.